The summed E-state index contributed by atoms with van der Waals surface area (Å²) in [5.74, 6) is -0.439. The first-order valence-corrected chi connectivity index (χ1v) is 3.61. The van der Waals surface area contributed by atoms with Crippen molar-refractivity contribution >= 4 is 5.97 Å². The number of carbonyl (C=O) groups excluding carboxylic acids is 1. The van der Waals surface area contributed by atoms with Gasteiger partial charge in [0.2, 0.25) is 6.54 Å². The number of ether oxygens (including phenoxy) is 1. The molecule has 0 aliphatic heterocycles. The predicted octanol–water partition coefficient (Wildman–Crippen LogP) is 0.939. The zero-order valence-corrected chi connectivity index (χ0v) is 7.52. The summed E-state index contributed by atoms with van der Waals surface area (Å²) in [7, 11) is 1.28. The monoisotopic (exact) mass is 185 g/mol. The first kappa shape index (κ1) is 11.4. The molecule has 5 nitrogen and oxygen atoms in total. The summed E-state index contributed by atoms with van der Waals surface area (Å²) >= 11 is 0. The molecule has 13 heavy (non-hydrogen) atoms. The number of esters is 1. The summed E-state index contributed by atoms with van der Waals surface area (Å²) < 4.78 is 4.42. The van der Waals surface area contributed by atoms with Crippen LogP contribution >= 0.6 is 0 Å². The molecule has 0 amide bonds. The smallest absolute Gasteiger partial charge is 0.333 e. The Morgan fingerprint density at radius 2 is 2.23 bits per heavy atom. The average Bonchev–Trinajstić information content (AvgIpc) is 2.10. The van der Waals surface area contributed by atoms with Crippen molar-refractivity contribution in [3.8, 4) is 0 Å². The predicted molar refractivity (Wildman–Crippen MR) is 46.8 cm³/mol. The molecular formula is C8H11NO4. The van der Waals surface area contributed by atoms with Crippen molar-refractivity contribution in [2.24, 2.45) is 0 Å². The molecule has 0 N–H and O–H groups in total. The highest BCUT2D eigenvalue weighted by Gasteiger charge is 1.99. The van der Waals surface area contributed by atoms with Crippen molar-refractivity contribution < 1.29 is 14.5 Å². The van der Waals surface area contributed by atoms with Gasteiger partial charge in [-0.15, -0.1) is 0 Å². The van der Waals surface area contributed by atoms with E-state index in [2.05, 4.69) is 4.74 Å². The first-order chi connectivity index (χ1) is 6.07. The van der Waals surface area contributed by atoms with Crippen LogP contribution in [0.4, 0.5) is 0 Å². The van der Waals surface area contributed by atoms with Gasteiger partial charge in [-0.3, -0.25) is 10.1 Å². The van der Waals surface area contributed by atoms with Crippen LogP contribution in [0.15, 0.2) is 23.8 Å². The number of hydrogen-bond donors (Lipinski definition) is 0. The molecule has 0 saturated carbocycles. The Labute approximate surface area is 75.8 Å². The standard InChI is InChI=1S/C8H11NO4/c1-7(8(10)13-2)5-3-4-6-9(11)12/h3-5H,6H2,1-2H3/b4-3-,7-5+. The maximum atomic E-state index is 10.8. The van der Waals surface area contributed by atoms with Crippen LogP contribution in [0.3, 0.4) is 0 Å². The quantitative estimate of drug-likeness (QED) is 0.215. The largest absolute Gasteiger partial charge is 0.466 e. The minimum Gasteiger partial charge on any atom is -0.466 e. The fraction of sp³-hybridized carbons (Fsp3) is 0.375. The average molecular weight is 185 g/mol. The van der Waals surface area contributed by atoms with E-state index in [1.807, 2.05) is 0 Å². The van der Waals surface area contributed by atoms with Crippen LogP contribution in [-0.4, -0.2) is 24.5 Å². The third kappa shape index (κ3) is 5.60. The van der Waals surface area contributed by atoms with Gasteiger partial charge in [-0.05, 0) is 13.0 Å². The van der Waals surface area contributed by atoms with Crippen molar-refractivity contribution in [2.45, 2.75) is 6.92 Å². The number of hydrogen-bond acceptors (Lipinski definition) is 4. The molecule has 0 fully saturated rings. The Morgan fingerprint density at radius 1 is 1.62 bits per heavy atom. The molecule has 0 bridgehead atoms. The van der Waals surface area contributed by atoms with Crippen molar-refractivity contribution in [1.82, 2.24) is 0 Å². The van der Waals surface area contributed by atoms with Gasteiger partial charge in [-0.1, -0.05) is 12.2 Å². The Morgan fingerprint density at radius 3 is 2.69 bits per heavy atom. The van der Waals surface area contributed by atoms with Crippen molar-refractivity contribution in [3.63, 3.8) is 0 Å². The second-order valence-electron chi connectivity index (χ2n) is 2.28. The van der Waals surface area contributed by atoms with Gasteiger partial charge < -0.3 is 4.74 Å². The lowest BCUT2D eigenvalue weighted by atomic mass is 10.3. The third-order valence-electron chi connectivity index (χ3n) is 1.24. The maximum absolute atomic E-state index is 10.8. The van der Waals surface area contributed by atoms with Crippen LogP contribution in [-0.2, 0) is 9.53 Å². The van der Waals surface area contributed by atoms with Gasteiger partial charge >= 0.3 is 5.97 Å². The Bertz CT molecular complexity index is 255. The normalized spacial score (nSPS) is 11.7. The van der Waals surface area contributed by atoms with Crippen molar-refractivity contribution in [2.75, 3.05) is 13.7 Å². The number of methoxy groups -OCH3 is 1. The lowest BCUT2D eigenvalue weighted by Crippen LogP contribution is -2.00. The number of carbonyl (C=O) groups is 1. The summed E-state index contributed by atoms with van der Waals surface area (Å²) in [6.07, 6.45) is 4.27. The zero-order chi connectivity index (χ0) is 10.3. The number of nitrogens with zero attached hydrogens (tertiary/aromatic N) is 1. The Balaban J connectivity index is 4.03. The SMILES string of the molecule is COC(=O)/C(C)=C/C=C\C[N+](=O)[O-]. The topological polar surface area (TPSA) is 69.4 Å². The van der Waals surface area contributed by atoms with Gasteiger partial charge in [-0.2, -0.15) is 0 Å². The van der Waals surface area contributed by atoms with E-state index < -0.39 is 10.9 Å². The first-order valence-electron chi connectivity index (χ1n) is 3.61. The summed E-state index contributed by atoms with van der Waals surface area (Å²) in [6.45, 7) is 1.33. The highest BCUT2D eigenvalue weighted by atomic mass is 16.6. The number of rotatable bonds is 4. The van der Waals surface area contributed by atoms with Crippen LogP contribution < -0.4 is 0 Å². The van der Waals surface area contributed by atoms with E-state index in [1.165, 1.54) is 25.3 Å². The van der Waals surface area contributed by atoms with Crippen molar-refractivity contribution in [3.05, 3.63) is 33.9 Å². The molecule has 0 atom stereocenters. The summed E-state index contributed by atoms with van der Waals surface area (Å²) in [5.41, 5.74) is 0.405. The second-order valence-corrected chi connectivity index (χ2v) is 2.28. The van der Waals surface area contributed by atoms with Gasteiger partial charge in [0.15, 0.2) is 0 Å². The van der Waals surface area contributed by atoms with E-state index in [0.29, 0.717) is 5.57 Å². The fourth-order valence-electron chi connectivity index (χ4n) is 0.588. The van der Waals surface area contributed by atoms with E-state index in [4.69, 9.17) is 0 Å². The molecule has 0 rings (SSSR count). The lowest BCUT2D eigenvalue weighted by molar-refractivity contribution is -0.468. The van der Waals surface area contributed by atoms with Gasteiger partial charge in [0.1, 0.15) is 0 Å². The van der Waals surface area contributed by atoms with Gasteiger partial charge in [0.25, 0.3) is 0 Å². The highest BCUT2D eigenvalue weighted by Crippen LogP contribution is 1.95. The molecule has 0 unspecified atom stereocenters. The molecule has 0 aliphatic carbocycles. The van der Waals surface area contributed by atoms with E-state index >= 15 is 0 Å². The Hall–Kier alpha value is -1.65. The van der Waals surface area contributed by atoms with Crippen LogP contribution in [0.2, 0.25) is 0 Å². The molecule has 0 spiro atoms. The van der Waals surface area contributed by atoms with Gasteiger partial charge in [0.05, 0.1) is 7.11 Å². The molecule has 0 aromatic heterocycles. The Kier molecular flexibility index (Phi) is 5.18. The molecule has 0 saturated heterocycles. The van der Waals surface area contributed by atoms with Gasteiger partial charge in [-0.25, -0.2) is 4.79 Å². The molecule has 72 valence electrons. The molecular weight excluding hydrogens is 174 g/mol. The molecule has 0 aliphatic rings. The third-order valence-corrected chi connectivity index (χ3v) is 1.24. The van der Waals surface area contributed by atoms with E-state index in [9.17, 15) is 14.9 Å². The summed E-state index contributed by atoms with van der Waals surface area (Å²) in [5, 5.41) is 9.88. The lowest BCUT2D eigenvalue weighted by Gasteiger charge is -1.94. The van der Waals surface area contributed by atoms with E-state index in [1.54, 1.807) is 6.92 Å². The van der Waals surface area contributed by atoms with Crippen LogP contribution in [0, 0.1) is 10.1 Å². The maximum Gasteiger partial charge on any atom is 0.333 e. The minimum atomic E-state index is -0.461. The summed E-state index contributed by atoms with van der Waals surface area (Å²) in [4.78, 5) is 20.2. The van der Waals surface area contributed by atoms with E-state index in [-0.39, 0.29) is 6.54 Å². The van der Waals surface area contributed by atoms with E-state index in [0.717, 1.165) is 0 Å². The minimum absolute atomic E-state index is 0.245. The molecule has 0 heterocycles. The highest BCUT2D eigenvalue weighted by molar-refractivity contribution is 5.87. The number of nitro groups is 1. The molecule has 0 aromatic rings. The molecule has 5 heteroatoms. The van der Waals surface area contributed by atoms with Gasteiger partial charge in [0, 0.05) is 10.5 Å². The van der Waals surface area contributed by atoms with Crippen LogP contribution in [0.25, 0.3) is 0 Å². The summed E-state index contributed by atoms with van der Waals surface area (Å²) in [6, 6.07) is 0. The van der Waals surface area contributed by atoms with Crippen LogP contribution in [0.1, 0.15) is 6.92 Å². The molecule has 0 aromatic carbocycles. The van der Waals surface area contributed by atoms with Crippen LogP contribution in [0.5, 0.6) is 0 Å². The van der Waals surface area contributed by atoms with Crippen molar-refractivity contribution in [1.29, 1.82) is 0 Å². The molecule has 0 radical (unpaired) electrons. The second kappa shape index (κ2) is 5.93. The zero-order valence-electron chi connectivity index (χ0n) is 7.52. The number of allylic oxidation sites excluding steroid dienone is 2. The fourth-order valence-corrected chi connectivity index (χ4v) is 0.588.